The number of carbonyl (C=O) groups excluding carboxylic acids is 2. The molecular formula is C24H25N3O4S2. The highest BCUT2D eigenvalue weighted by Crippen LogP contribution is 2.39. The van der Waals surface area contributed by atoms with Gasteiger partial charge in [0.2, 0.25) is 11.8 Å². The van der Waals surface area contributed by atoms with Crippen molar-refractivity contribution < 1.29 is 18.0 Å². The second-order valence-electron chi connectivity index (χ2n) is 8.93. The first-order valence-corrected chi connectivity index (χ1v) is 13.5. The average Bonchev–Trinajstić information content (AvgIpc) is 3.46. The van der Waals surface area contributed by atoms with Crippen molar-refractivity contribution in [3.8, 4) is 0 Å². The molecule has 172 valence electrons. The summed E-state index contributed by atoms with van der Waals surface area (Å²) in [4.78, 5) is 31.4. The van der Waals surface area contributed by atoms with E-state index in [9.17, 15) is 18.0 Å². The van der Waals surface area contributed by atoms with Crippen LogP contribution in [0.15, 0.2) is 41.3 Å². The molecular weight excluding hydrogens is 458 g/mol. The number of rotatable bonds is 6. The fourth-order valence-electron chi connectivity index (χ4n) is 4.28. The predicted molar refractivity (Wildman–Crippen MR) is 129 cm³/mol. The molecule has 2 heterocycles. The molecule has 0 saturated heterocycles. The van der Waals surface area contributed by atoms with E-state index >= 15 is 0 Å². The number of sulfone groups is 1. The van der Waals surface area contributed by atoms with Crippen LogP contribution in [0.4, 0.5) is 10.8 Å². The van der Waals surface area contributed by atoms with Gasteiger partial charge in [0.15, 0.2) is 15.0 Å². The first-order valence-electron chi connectivity index (χ1n) is 11.1. The Hall–Kier alpha value is -2.78. The number of carbonyl (C=O) groups is 2. The zero-order valence-corrected chi connectivity index (χ0v) is 20.1. The van der Waals surface area contributed by atoms with Crippen LogP contribution >= 0.6 is 11.3 Å². The summed E-state index contributed by atoms with van der Waals surface area (Å²) in [7, 11) is -3.64. The maximum atomic E-state index is 12.9. The maximum absolute atomic E-state index is 12.9. The topological polar surface area (TPSA) is 96.4 Å². The normalized spacial score (nSPS) is 17.9. The number of aryl methyl sites for hydroxylation is 1. The van der Waals surface area contributed by atoms with Gasteiger partial charge in [-0.2, -0.15) is 0 Å². The average molecular weight is 484 g/mol. The molecule has 2 amide bonds. The summed E-state index contributed by atoms with van der Waals surface area (Å²) >= 11 is 1.37. The van der Waals surface area contributed by atoms with Gasteiger partial charge in [-0.3, -0.25) is 9.59 Å². The van der Waals surface area contributed by atoms with E-state index in [2.05, 4.69) is 10.3 Å². The molecule has 1 saturated carbocycles. The molecule has 9 heteroatoms. The molecule has 1 aromatic heterocycles. The summed E-state index contributed by atoms with van der Waals surface area (Å²) in [5.41, 5.74) is 3.59. The molecule has 3 aromatic rings. The molecule has 1 N–H and O–H groups in total. The van der Waals surface area contributed by atoms with Crippen molar-refractivity contribution in [2.45, 2.75) is 50.5 Å². The van der Waals surface area contributed by atoms with Gasteiger partial charge in [-0.25, -0.2) is 13.4 Å². The lowest BCUT2D eigenvalue weighted by molar-refractivity contribution is -0.120. The molecule has 33 heavy (non-hydrogen) atoms. The number of fused-ring (bicyclic) bond motifs is 2. The molecule has 2 aromatic carbocycles. The Labute approximate surface area is 196 Å². The van der Waals surface area contributed by atoms with Crippen LogP contribution in [0.25, 0.3) is 10.2 Å². The summed E-state index contributed by atoms with van der Waals surface area (Å²) < 4.78 is 26.8. The predicted octanol–water partition coefficient (Wildman–Crippen LogP) is 4.09. The molecule has 0 unspecified atom stereocenters. The molecule has 1 atom stereocenters. The maximum Gasteiger partial charge on any atom is 0.230 e. The van der Waals surface area contributed by atoms with Crippen LogP contribution in [0, 0.1) is 12.8 Å². The van der Waals surface area contributed by atoms with Gasteiger partial charge in [0.25, 0.3) is 0 Å². The van der Waals surface area contributed by atoms with Gasteiger partial charge in [-0.05, 0) is 74.6 Å². The summed E-state index contributed by atoms with van der Waals surface area (Å²) in [5.74, 6) is -0.425. The van der Waals surface area contributed by atoms with Crippen molar-refractivity contribution in [1.29, 1.82) is 0 Å². The zero-order valence-electron chi connectivity index (χ0n) is 18.5. The third-order valence-electron chi connectivity index (χ3n) is 6.18. The third kappa shape index (κ3) is 4.39. The van der Waals surface area contributed by atoms with Gasteiger partial charge >= 0.3 is 0 Å². The number of thiazole rings is 1. The van der Waals surface area contributed by atoms with E-state index in [1.54, 1.807) is 18.2 Å². The number of hydrogen-bond donors (Lipinski definition) is 1. The van der Waals surface area contributed by atoms with Crippen LogP contribution in [0.1, 0.15) is 37.3 Å². The lowest BCUT2D eigenvalue weighted by atomic mass is 10.1. The van der Waals surface area contributed by atoms with E-state index in [0.717, 1.165) is 39.9 Å². The molecule has 5 rings (SSSR count). The number of benzene rings is 2. The first-order chi connectivity index (χ1) is 15.7. The Bertz CT molecular complexity index is 1380. The van der Waals surface area contributed by atoms with E-state index in [0.29, 0.717) is 11.6 Å². The lowest BCUT2D eigenvalue weighted by Gasteiger charge is -2.22. The van der Waals surface area contributed by atoms with Crippen LogP contribution in [0.2, 0.25) is 0 Å². The minimum Gasteiger partial charge on any atom is -0.309 e. The van der Waals surface area contributed by atoms with Crippen molar-refractivity contribution >= 4 is 54.0 Å². The number of aromatic nitrogens is 1. The summed E-state index contributed by atoms with van der Waals surface area (Å²) in [6.45, 7) is 3.98. The molecule has 1 aliphatic heterocycles. The largest absolute Gasteiger partial charge is 0.309 e. The van der Waals surface area contributed by atoms with E-state index in [4.69, 9.17) is 0 Å². The van der Waals surface area contributed by atoms with E-state index < -0.39 is 9.84 Å². The Morgan fingerprint density at radius 1 is 1.18 bits per heavy atom. The molecule has 1 aliphatic carbocycles. The van der Waals surface area contributed by atoms with E-state index in [1.165, 1.54) is 11.3 Å². The van der Waals surface area contributed by atoms with Gasteiger partial charge in [-0.15, -0.1) is 0 Å². The number of anilines is 2. The molecule has 0 bridgehead atoms. The van der Waals surface area contributed by atoms with Crippen molar-refractivity contribution in [2.75, 3.05) is 16.0 Å². The molecule has 1 fully saturated rings. The molecule has 0 radical (unpaired) electrons. The van der Waals surface area contributed by atoms with Crippen molar-refractivity contribution in [1.82, 2.24) is 4.98 Å². The molecule has 2 aliphatic rings. The minimum absolute atomic E-state index is 0.0226. The number of nitrogens with one attached hydrogen (secondary N) is 1. The summed E-state index contributed by atoms with van der Waals surface area (Å²) in [6.07, 6.45) is 2.34. The van der Waals surface area contributed by atoms with E-state index in [-0.39, 0.29) is 40.8 Å². The molecule has 7 nitrogen and oxygen atoms in total. The Morgan fingerprint density at radius 3 is 2.73 bits per heavy atom. The van der Waals surface area contributed by atoms with E-state index in [1.807, 2.05) is 36.9 Å². The number of nitrogens with zero attached hydrogens (tertiary/aromatic N) is 2. The fourth-order valence-corrected chi connectivity index (χ4v) is 6.54. The van der Waals surface area contributed by atoms with Crippen LogP contribution in [0.3, 0.4) is 0 Å². The smallest absolute Gasteiger partial charge is 0.230 e. The quantitative estimate of drug-likeness (QED) is 0.570. The van der Waals surface area contributed by atoms with Crippen LogP contribution < -0.4 is 10.2 Å². The fraction of sp³-hybridized carbons (Fsp3) is 0.375. The number of hydrogen-bond acceptors (Lipinski definition) is 6. The molecule has 0 spiro atoms. The Kier molecular flexibility index (Phi) is 5.49. The SMILES string of the molecule is Cc1ccc2nc(NC(=O)CCS(=O)(=O)c3ccc4c(c3)C[C@H](C)N4C(=O)C3CC3)sc2c1. The third-order valence-corrected chi connectivity index (χ3v) is 8.83. The monoisotopic (exact) mass is 483 g/mol. The minimum atomic E-state index is -3.64. The standard InChI is InChI=1S/C24H25N3O4S2/c1-14-3-7-19-21(11-14)32-24(25-19)26-22(28)9-10-33(30,31)18-6-8-20-17(13-18)12-15(2)27(20)23(29)16-4-5-16/h3,6-8,11,13,15-16H,4-5,9-10,12H2,1-2H3,(H,25,26,28)/t15-/m0/s1. The zero-order chi connectivity index (χ0) is 23.3. The van der Waals surface area contributed by atoms with Gasteiger partial charge in [0.05, 0.1) is 20.9 Å². The highest BCUT2D eigenvalue weighted by molar-refractivity contribution is 7.91. The highest BCUT2D eigenvalue weighted by Gasteiger charge is 2.39. The second kappa shape index (κ2) is 8.22. The lowest BCUT2D eigenvalue weighted by Crippen LogP contribution is -2.36. The second-order valence-corrected chi connectivity index (χ2v) is 12.1. The van der Waals surface area contributed by atoms with Crippen LogP contribution in [-0.2, 0) is 25.8 Å². The Morgan fingerprint density at radius 2 is 1.97 bits per heavy atom. The van der Waals surface area contributed by atoms with Gasteiger partial charge in [0.1, 0.15) is 0 Å². The van der Waals surface area contributed by atoms with Gasteiger partial charge in [0, 0.05) is 24.1 Å². The van der Waals surface area contributed by atoms with Crippen LogP contribution in [0.5, 0.6) is 0 Å². The number of amides is 2. The first kappa shape index (κ1) is 22.0. The van der Waals surface area contributed by atoms with Crippen molar-refractivity contribution in [3.63, 3.8) is 0 Å². The van der Waals surface area contributed by atoms with Crippen molar-refractivity contribution in [2.24, 2.45) is 5.92 Å². The van der Waals surface area contributed by atoms with Gasteiger partial charge < -0.3 is 10.2 Å². The van der Waals surface area contributed by atoms with Crippen molar-refractivity contribution in [3.05, 3.63) is 47.5 Å². The van der Waals surface area contributed by atoms with Crippen LogP contribution in [-0.4, -0.2) is 37.0 Å². The summed E-state index contributed by atoms with van der Waals surface area (Å²) in [5, 5.41) is 3.18. The summed E-state index contributed by atoms with van der Waals surface area (Å²) in [6, 6.07) is 10.8. The highest BCUT2D eigenvalue weighted by atomic mass is 32.2. The Balaban J connectivity index is 1.25. The van der Waals surface area contributed by atoms with Gasteiger partial charge in [-0.1, -0.05) is 17.4 Å².